The van der Waals surface area contributed by atoms with Crippen LogP contribution in [0.5, 0.6) is 5.75 Å². The average molecular weight is 439 g/mol. The first-order valence-electron chi connectivity index (χ1n) is 12.4. The van der Waals surface area contributed by atoms with Crippen molar-refractivity contribution in [3.63, 3.8) is 0 Å². The number of aryl methyl sites for hydroxylation is 3. The van der Waals surface area contributed by atoms with Gasteiger partial charge in [0.2, 0.25) is 5.91 Å². The molecule has 2 fully saturated rings. The molecule has 0 radical (unpaired) electrons. The zero-order valence-corrected chi connectivity index (χ0v) is 19.9. The van der Waals surface area contributed by atoms with Gasteiger partial charge >= 0.3 is 0 Å². The maximum absolute atomic E-state index is 12.5. The van der Waals surface area contributed by atoms with Crippen LogP contribution in [0.3, 0.4) is 0 Å². The number of ether oxygens (including phenoxy) is 1. The standard InChI is InChI=1S/C26H38N4O2/c1-18-4-7-20(8-5-18)9-13-24-28-29-25(30(24)22-11-12-22)14-15-26(31)27-17-21-10-6-19(2)16-23(21)32-3/h6,10,16,18,20,22H,4-5,7-9,11-15,17H2,1-3H3,(H,27,31). The number of benzene rings is 1. The maximum Gasteiger partial charge on any atom is 0.220 e. The summed E-state index contributed by atoms with van der Waals surface area (Å²) >= 11 is 0. The van der Waals surface area contributed by atoms with Crippen LogP contribution in [-0.4, -0.2) is 27.8 Å². The molecule has 0 bridgehead atoms. The van der Waals surface area contributed by atoms with Crippen LogP contribution in [-0.2, 0) is 24.2 Å². The van der Waals surface area contributed by atoms with Gasteiger partial charge in [-0.2, -0.15) is 0 Å². The molecule has 6 heteroatoms. The second-order valence-corrected chi connectivity index (χ2v) is 9.89. The van der Waals surface area contributed by atoms with Gasteiger partial charge in [-0.25, -0.2) is 0 Å². The number of methoxy groups -OCH3 is 1. The van der Waals surface area contributed by atoms with Gasteiger partial charge in [-0.1, -0.05) is 44.7 Å². The SMILES string of the molecule is COc1cc(C)ccc1CNC(=O)CCc1nnc(CCC2CCC(C)CC2)n1C1CC1. The van der Waals surface area contributed by atoms with Crippen LogP contribution in [0.2, 0.25) is 0 Å². The van der Waals surface area contributed by atoms with E-state index in [-0.39, 0.29) is 5.91 Å². The Morgan fingerprint density at radius 1 is 1.09 bits per heavy atom. The fourth-order valence-electron chi connectivity index (χ4n) is 4.91. The molecule has 2 saturated carbocycles. The Hall–Kier alpha value is -2.37. The summed E-state index contributed by atoms with van der Waals surface area (Å²) in [6.07, 6.45) is 11.2. The summed E-state index contributed by atoms with van der Waals surface area (Å²) in [5.74, 6) is 4.69. The fraction of sp³-hybridized carbons (Fsp3) is 0.654. The summed E-state index contributed by atoms with van der Waals surface area (Å²) in [5.41, 5.74) is 2.14. The highest BCUT2D eigenvalue weighted by Gasteiger charge is 2.30. The van der Waals surface area contributed by atoms with E-state index >= 15 is 0 Å². The average Bonchev–Trinajstić information content (AvgIpc) is 3.56. The largest absolute Gasteiger partial charge is 0.496 e. The molecule has 32 heavy (non-hydrogen) atoms. The van der Waals surface area contributed by atoms with E-state index < -0.39 is 0 Å². The van der Waals surface area contributed by atoms with Crippen molar-refractivity contribution in [2.75, 3.05) is 7.11 Å². The molecule has 1 aromatic carbocycles. The highest BCUT2D eigenvalue weighted by Crippen LogP contribution is 2.38. The molecule has 0 saturated heterocycles. The molecule has 1 amide bonds. The Morgan fingerprint density at radius 2 is 1.81 bits per heavy atom. The molecule has 0 unspecified atom stereocenters. The first-order valence-corrected chi connectivity index (χ1v) is 12.4. The molecule has 0 atom stereocenters. The third-order valence-corrected chi connectivity index (χ3v) is 7.15. The second-order valence-electron chi connectivity index (χ2n) is 9.89. The van der Waals surface area contributed by atoms with Crippen LogP contribution in [0.4, 0.5) is 0 Å². The summed E-state index contributed by atoms with van der Waals surface area (Å²) in [7, 11) is 1.66. The molecule has 6 nitrogen and oxygen atoms in total. The third-order valence-electron chi connectivity index (χ3n) is 7.15. The van der Waals surface area contributed by atoms with Crippen molar-refractivity contribution in [2.45, 2.75) is 90.6 Å². The predicted molar refractivity (Wildman–Crippen MR) is 126 cm³/mol. The lowest BCUT2D eigenvalue weighted by molar-refractivity contribution is -0.121. The minimum Gasteiger partial charge on any atom is -0.496 e. The molecule has 2 aliphatic carbocycles. The molecule has 2 aromatic rings. The number of rotatable bonds is 10. The van der Waals surface area contributed by atoms with Gasteiger partial charge in [0.1, 0.15) is 17.4 Å². The van der Waals surface area contributed by atoms with Gasteiger partial charge in [0, 0.05) is 37.4 Å². The van der Waals surface area contributed by atoms with Gasteiger partial charge < -0.3 is 14.6 Å². The number of hydrogen-bond acceptors (Lipinski definition) is 4. The minimum absolute atomic E-state index is 0.0378. The van der Waals surface area contributed by atoms with Gasteiger partial charge in [-0.3, -0.25) is 4.79 Å². The third kappa shape index (κ3) is 5.90. The van der Waals surface area contributed by atoms with Crippen LogP contribution < -0.4 is 10.1 Å². The van der Waals surface area contributed by atoms with Gasteiger partial charge in [-0.05, 0) is 49.7 Å². The van der Waals surface area contributed by atoms with E-state index in [0.717, 1.165) is 46.8 Å². The highest BCUT2D eigenvalue weighted by atomic mass is 16.5. The summed E-state index contributed by atoms with van der Waals surface area (Å²) in [6, 6.07) is 6.59. The van der Waals surface area contributed by atoms with Crippen molar-refractivity contribution in [3.05, 3.63) is 41.0 Å². The molecule has 0 spiro atoms. The van der Waals surface area contributed by atoms with Crippen molar-refractivity contribution >= 4 is 5.91 Å². The van der Waals surface area contributed by atoms with Gasteiger partial charge in [-0.15, -0.1) is 10.2 Å². The van der Waals surface area contributed by atoms with Crippen molar-refractivity contribution in [2.24, 2.45) is 11.8 Å². The van der Waals surface area contributed by atoms with E-state index in [1.54, 1.807) is 7.11 Å². The van der Waals surface area contributed by atoms with Crippen molar-refractivity contribution in [1.29, 1.82) is 0 Å². The molecule has 1 heterocycles. The van der Waals surface area contributed by atoms with E-state index in [2.05, 4.69) is 27.0 Å². The van der Waals surface area contributed by atoms with E-state index in [4.69, 9.17) is 4.74 Å². The molecular weight excluding hydrogens is 400 g/mol. The molecular formula is C26H38N4O2. The lowest BCUT2D eigenvalue weighted by atomic mass is 9.81. The first kappa shape index (κ1) is 22.8. The lowest BCUT2D eigenvalue weighted by Gasteiger charge is -2.25. The normalized spacial score (nSPS) is 20.8. The Bertz CT molecular complexity index is 911. The maximum atomic E-state index is 12.5. The van der Waals surface area contributed by atoms with Crippen LogP contribution in [0, 0.1) is 18.8 Å². The molecule has 174 valence electrons. The van der Waals surface area contributed by atoms with Crippen LogP contribution in [0.1, 0.15) is 87.1 Å². The number of carbonyl (C=O) groups excluding carboxylic acids is 1. The molecule has 0 aliphatic heterocycles. The quantitative estimate of drug-likeness (QED) is 0.571. The number of aromatic nitrogens is 3. The topological polar surface area (TPSA) is 69.0 Å². The van der Waals surface area contributed by atoms with Gasteiger partial charge in [0.15, 0.2) is 0 Å². The zero-order valence-electron chi connectivity index (χ0n) is 19.9. The highest BCUT2D eigenvalue weighted by molar-refractivity contribution is 5.76. The molecule has 1 aromatic heterocycles. The first-order chi connectivity index (χ1) is 15.5. The minimum atomic E-state index is 0.0378. The fourth-order valence-corrected chi connectivity index (χ4v) is 4.91. The van der Waals surface area contributed by atoms with Gasteiger partial charge in [0.05, 0.1) is 7.11 Å². The van der Waals surface area contributed by atoms with Crippen molar-refractivity contribution < 1.29 is 9.53 Å². The van der Waals surface area contributed by atoms with Crippen LogP contribution in [0.25, 0.3) is 0 Å². The van der Waals surface area contributed by atoms with E-state index in [9.17, 15) is 4.79 Å². The molecule has 2 aliphatic rings. The van der Waals surface area contributed by atoms with Crippen LogP contribution >= 0.6 is 0 Å². The number of nitrogens with one attached hydrogen (secondary N) is 1. The number of nitrogens with zero attached hydrogens (tertiary/aromatic N) is 3. The summed E-state index contributed by atoms with van der Waals surface area (Å²) in [6.45, 7) is 4.88. The smallest absolute Gasteiger partial charge is 0.220 e. The molecule has 1 N–H and O–H groups in total. The second kappa shape index (κ2) is 10.5. The monoisotopic (exact) mass is 438 g/mol. The summed E-state index contributed by atoms with van der Waals surface area (Å²) in [5, 5.41) is 12.1. The van der Waals surface area contributed by atoms with E-state index in [0.29, 0.717) is 25.4 Å². The van der Waals surface area contributed by atoms with Gasteiger partial charge in [0.25, 0.3) is 0 Å². The number of hydrogen-bond donors (Lipinski definition) is 1. The Morgan fingerprint density at radius 3 is 2.50 bits per heavy atom. The summed E-state index contributed by atoms with van der Waals surface area (Å²) < 4.78 is 7.79. The lowest BCUT2D eigenvalue weighted by Crippen LogP contribution is -2.24. The number of carbonyl (C=O) groups is 1. The predicted octanol–water partition coefficient (Wildman–Crippen LogP) is 4.94. The Labute approximate surface area is 192 Å². The Kier molecular flexibility index (Phi) is 7.48. The van der Waals surface area contributed by atoms with Crippen molar-refractivity contribution in [1.82, 2.24) is 20.1 Å². The van der Waals surface area contributed by atoms with E-state index in [1.165, 1.54) is 44.9 Å². The summed E-state index contributed by atoms with van der Waals surface area (Å²) in [4.78, 5) is 12.5. The number of amides is 1. The zero-order chi connectivity index (χ0) is 22.5. The van der Waals surface area contributed by atoms with Crippen LogP contribution in [0.15, 0.2) is 18.2 Å². The van der Waals surface area contributed by atoms with Crippen molar-refractivity contribution in [3.8, 4) is 5.75 Å². The Balaban J connectivity index is 1.29. The molecule has 4 rings (SSSR count). The van der Waals surface area contributed by atoms with E-state index in [1.807, 2.05) is 25.1 Å².